The molecule has 0 aromatic heterocycles. The number of hydrogen-bond acceptors (Lipinski definition) is 4. The molecule has 4 heteroatoms. The first-order valence-corrected chi connectivity index (χ1v) is 20.8. The molecule has 0 amide bonds. The Kier molecular flexibility index (Phi) is 9.78. The summed E-state index contributed by atoms with van der Waals surface area (Å²) in [7, 11) is 0. The zero-order chi connectivity index (χ0) is 28.8. The predicted octanol–water partition coefficient (Wildman–Crippen LogP) is 9.71. The summed E-state index contributed by atoms with van der Waals surface area (Å²) in [5.74, 6) is 6.62. The van der Waals surface area contributed by atoms with Gasteiger partial charge in [0.2, 0.25) is 0 Å². The van der Waals surface area contributed by atoms with Crippen molar-refractivity contribution in [1.82, 2.24) is 14.9 Å². The minimum absolute atomic E-state index is 0.678. The van der Waals surface area contributed by atoms with Gasteiger partial charge in [-0.2, -0.15) is 12.6 Å². The van der Waals surface area contributed by atoms with Gasteiger partial charge < -0.3 is 0 Å². The van der Waals surface area contributed by atoms with E-state index in [9.17, 15) is 0 Å². The van der Waals surface area contributed by atoms with Crippen LogP contribution in [0.15, 0.2) is 0 Å². The van der Waals surface area contributed by atoms with Gasteiger partial charge in [0, 0.05) is 36.5 Å². The average molecular weight is 610 g/mol. The van der Waals surface area contributed by atoms with Crippen molar-refractivity contribution < 1.29 is 0 Å². The number of hydrazine groups is 1. The van der Waals surface area contributed by atoms with Crippen LogP contribution in [0.3, 0.4) is 0 Å². The molecule has 10 atom stereocenters. The Bertz CT molecular complexity index is 867. The van der Waals surface area contributed by atoms with Crippen LogP contribution in [0.25, 0.3) is 0 Å². The van der Waals surface area contributed by atoms with Gasteiger partial charge in [-0.1, -0.05) is 89.9 Å². The Morgan fingerprint density at radius 2 is 1.05 bits per heavy atom. The van der Waals surface area contributed by atoms with E-state index in [1.54, 1.807) is 0 Å². The fourth-order valence-corrected chi connectivity index (χ4v) is 13.9. The second-order valence-corrected chi connectivity index (χ2v) is 18.1. The molecule has 2 aliphatic heterocycles. The molecule has 8 fully saturated rings. The van der Waals surface area contributed by atoms with Crippen LogP contribution in [0.2, 0.25) is 0 Å². The van der Waals surface area contributed by atoms with Crippen LogP contribution < -0.4 is 0 Å². The van der Waals surface area contributed by atoms with Gasteiger partial charge in [-0.3, -0.25) is 4.90 Å². The van der Waals surface area contributed by atoms with Crippen LogP contribution in [0, 0.1) is 41.4 Å². The Labute approximate surface area is 271 Å². The van der Waals surface area contributed by atoms with Crippen molar-refractivity contribution in [2.45, 2.75) is 190 Å². The maximum absolute atomic E-state index is 5.63. The normalized spacial score (nSPS) is 47.2. The zero-order valence-corrected chi connectivity index (χ0v) is 28.7. The summed E-state index contributed by atoms with van der Waals surface area (Å²) >= 11 is 5.63. The topological polar surface area (TPSA) is 9.26 Å². The van der Waals surface area contributed by atoms with Gasteiger partial charge in [0.25, 0.3) is 0 Å². The van der Waals surface area contributed by atoms with Gasteiger partial charge >= 0.3 is 0 Å². The summed E-state index contributed by atoms with van der Waals surface area (Å²) in [5, 5.41) is 6.61. The molecular formula is C39H67N3S. The van der Waals surface area contributed by atoms with E-state index in [1.165, 1.54) is 174 Å². The molecule has 8 aliphatic rings. The number of likely N-dealkylation sites (tertiary alicyclic amines) is 1. The van der Waals surface area contributed by atoms with Gasteiger partial charge in [0.1, 0.15) is 0 Å². The second-order valence-electron chi connectivity index (χ2n) is 17.5. The summed E-state index contributed by atoms with van der Waals surface area (Å²) in [5.41, 5.74) is 0. The minimum Gasteiger partial charge on any atom is -0.294 e. The number of rotatable bonds is 7. The Hall–Kier alpha value is 0.230. The first-order valence-electron chi connectivity index (χ1n) is 20.2. The van der Waals surface area contributed by atoms with Crippen LogP contribution in [0.1, 0.15) is 161 Å². The predicted molar refractivity (Wildman–Crippen MR) is 183 cm³/mol. The van der Waals surface area contributed by atoms with Gasteiger partial charge in [0.15, 0.2) is 0 Å². The fraction of sp³-hybridized carbons (Fsp3) is 1.00. The quantitative estimate of drug-likeness (QED) is 0.227. The van der Waals surface area contributed by atoms with Gasteiger partial charge in [0.05, 0.1) is 6.17 Å². The van der Waals surface area contributed by atoms with E-state index in [4.69, 9.17) is 12.6 Å². The smallest absolute Gasteiger partial charge is 0.0923 e. The lowest BCUT2D eigenvalue weighted by molar-refractivity contribution is 0.0388. The maximum Gasteiger partial charge on any atom is 0.0923 e. The molecule has 0 bridgehead atoms. The van der Waals surface area contributed by atoms with Crippen molar-refractivity contribution in [1.29, 1.82) is 0 Å². The van der Waals surface area contributed by atoms with E-state index < -0.39 is 0 Å². The highest BCUT2D eigenvalue weighted by molar-refractivity contribution is 7.81. The van der Waals surface area contributed by atoms with Crippen molar-refractivity contribution in [3.05, 3.63) is 0 Å². The Morgan fingerprint density at radius 3 is 1.72 bits per heavy atom. The highest BCUT2D eigenvalue weighted by Crippen LogP contribution is 2.56. The first-order chi connectivity index (χ1) is 21.3. The molecule has 0 aromatic rings. The van der Waals surface area contributed by atoms with Gasteiger partial charge in [-0.25, -0.2) is 10.0 Å². The van der Waals surface area contributed by atoms with E-state index in [1.807, 2.05) is 0 Å². The zero-order valence-electron chi connectivity index (χ0n) is 27.8. The van der Waals surface area contributed by atoms with E-state index in [-0.39, 0.29) is 0 Å². The van der Waals surface area contributed by atoms with Crippen LogP contribution in [0.5, 0.6) is 0 Å². The highest BCUT2D eigenvalue weighted by atomic mass is 32.1. The molecule has 6 aliphatic carbocycles. The highest BCUT2D eigenvalue weighted by Gasteiger charge is 2.58. The lowest BCUT2D eigenvalue weighted by Crippen LogP contribution is -2.51. The third-order valence-electron chi connectivity index (χ3n) is 15.1. The third-order valence-corrected chi connectivity index (χ3v) is 15.9. The van der Waals surface area contributed by atoms with Crippen molar-refractivity contribution in [3.8, 4) is 0 Å². The van der Waals surface area contributed by atoms with Gasteiger partial charge in [-0.05, 0) is 112 Å². The fourth-order valence-electron chi connectivity index (χ4n) is 13.1. The summed E-state index contributed by atoms with van der Waals surface area (Å²) in [6, 6.07) is 2.61. The largest absolute Gasteiger partial charge is 0.294 e. The van der Waals surface area contributed by atoms with Crippen molar-refractivity contribution in [2.75, 3.05) is 13.1 Å². The summed E-state index contributed by atoms with van der Waals surface area (Å²) in [6.45, 7) is 2.78. The molecule has 8 rings (SSSR count). The van der Waals surface area contributed by atoms with Crippen molar-refractivity contribution in [2.24, 2.45) is 41.4 Å². The number of nitrogens with zero attached hydrogens (tertiary/aromatic N) is 3. The van der Waals surface area contributed by atoms with Crippen molar-refractivity contribution >= 4 is 12.6 Å². The number of hydrogen-bond donors (Lipinski definition) is 1. The van der Waals surface area contributed by atoms with Crippen LogP contribution >= 0.6 is 12.6 Å². The molecule has 0 N–H and O–H groups in total. The molecule has 2 heterocycles. The van der Waals surface area contributed by atoms with E-state index in [0.29, 0.717) is 5.25 Å². The van der Waals surface area contributed by atoms with E-state index in [0.717, 1.165) is 65.7 Å². The Morgan fingerprint density at radius 1 is 0.465 bits per heavy atom. The molecule has 244 valence electrons. The molecule has 0 radical (unpaired) electrons. The molecule has 0 aromatic carbocycles. The second kappa shape index (κ2) is 13.8. The monoisotopic (exact) mass is 610 g/mol. The summed E-state index contributed by atoms with van der Waals surface area (Å²) in [4.78, 5) is 3.28. The van der Waals surface area contributed by atoms with E-state index >= 15 is 0 Å². The maximum atomic E-state index is 5.63. The Balaban J connectivity index is 0.976. The number of thiol groups is 1. The molecule has 0 spiro atoms. The summed E-state index contributed by atoms with van der Waals surface area (Å²) < 4.78 is 0. The third kappa shape index (κ3) is 6.29. The van der Waals surface area contributed by atoms with Gasteiger partial charge in [-0.15, -0.1) is 0 Å². The van der Waals surface area contributed by atoms with Crippen LogP contribution in [0.4, 0.5) is 0 Å². The summed E-state index contributed by atoms with van der Waals surface area (Å²) in [6.07, 6.45) is 38.2. The first kappa shape index (κ1) is 30.6. The molecule has 3 nitrogen and oxygen atoms in total. The minimum atomic E-state index is 0.678. The van der Waals surface area contributed by atoms with Crippen molar-refractivity contribution in [3.63, 3.8) is 0 Å². The molecule has 2 saturated heterocycles. The van der Waals surface area contributed by atoms with E-state index in [2.05, 4.69) is 14.9 Å². The number of fused-ring (bicyclic) bond motifs is 3. The molecular weight excluding hydrogens is 543 g/mol. The molecule has 10 unspecified atom stereocenters. The lowest BCUT2D eigenvalue weighted by Gasteiger charge is -2.47. The lowest BCUT2D eigenvalue weighted by atomic mass is 9.65. The SMILES string of the molecule is SC1C(C2CCCCC2)CCC2C1C1CCCCC1N2C1CCCC(C2N(CC3CCCCC3)N2CC2CCCCC2)C1. The average Bonchev–Trinajstić information content (AvgIpc) is 3.60. The molecule has 6 saturated carbocycles. The standard InChI is InChI=1S/C39H67N3S/c43-38-33(30-17-8-3-9-18-30)23-24-36-37(38)34-21-10-11-22-35(34)42(36)32-20-12-19-31(25-32)39-40(26-28-13-4-1-5-14-28)41(39)27-29-15-6-2-7-16-29/h28-39,43H,1-27H2. The molecule has 43 heavy (non-hydrogen) atoms. The van der Waals surface area contributed by atoms with Crippen LogP contribution in [-0.4, -0.2) is 57.5 Å². The van der Waals surface area contributed by atoms with Crippen LogP contribution in [-0.2, 0) is 0 Å².